The fourth-order valence-electron chi connectivity index (χ4n) is 10.6. The summed E-state index contributed by atoms with van der Waals surface area (Å²) in [6.07, 6.45) is 12.0. The van der Waals surface area contributed by atoms with Gasteiger partial charge in [-0.2, -0.15) is 0 Å². The number of hydrogen-bond acceptors (Lipinski definition) is 5. The van der Waals surface area contributed by atoms with Crippen LogP contribution in [0.4, 0.5) is 4.79 Å². The summed E-state index contributed by atoms with van der Waals surface area (Å²) in [7, 11) is 0. The molecule has 0 aromatic heterocycles. The predicted molar refractivity (Wildman–Crippen MR) is 134 cm³/mol. The van der Waals surface area contributed by atoms with Crippen molar-refractivity contribution >= 4 is 6.16 Å². The molecule has 12 atom stereocenters. The first kappa shape index (κ1) is 24.5. The number of carbonyl (C=O) groups excluding carboxylic acids is 1. The third-order valence-corrected chi connectivity index (χ3v) is 12.4. The maximum absolute atomic E-state index is 11.9. The molecule has 5 nitrogen and oxygen atoms in total. The molecule has 4 aliphatic carbocycles. The average Bonchev–Trinajstić information content (AvgIpc) is 3.26. The summed E-state index contributed by atoms with van der Waals surface area (Å²) in [5.74, 6) is 4.55. The summed E-state index contributed by atoms with van der Waals surface area (Å²) in [5, 5.41) is 0. The first-order valence-corrected chi connectivity index (χ1v) is 14.9. The third-order valence-electron chi connectivity index (χ3n) is 12.4. The van der Waals surface area contributed by atoms with Crippen molar-refractivity contribution in [2.24, 2.45) is 52.3 Å². The molecule has 0 aromatic rings. The van der Waals surface area contributed by atoms with Gasteiger partial charge in [-0.15, -0.1) is 0 Å². The Hall–Kier alpha value is -0.810. The Balaban J connectivity index is 1.17. The molecule has 6 fully saturated rings. The van der Waals surface area contributed by atoms with E-state index in [9.17, 15) is 4.79 Å². The van der Waals surface area contributed by atoms with E-state index < -0.39 is 6.16 Å². The van der Waals surface area contributed by atoms with E-state index in [1.54, 1.807) is 0 Å². The zero-order valence-electron chi connectivity index (χ0n) is 22.7. The van der Waals surface area contributed by atoms with E-state index in [4.69, 9.17) is 18.9 Å². The van der Waals surface area contributed by atoms with E-state index in [0.717, 1.165) is 43.6 Å². The normalized spacial score (nSPS) is 54.9. The molecule has 2 saturated heterocycles. The van der Waals surface area contributed by atoms with Crippen LogP contribution < -0.4 is 0 Å². The topological polar surface area (TPSA) is 54.0 Å². The molecule has 6 unspecified atom stereocenters. The van der Waals surface area contributed by atoms with Crippen LogP contribution in [0.1, 0.15) is 98.8 Å². The van der Waals surface area contributed by atoms with Crippen molar-refractivity contribution in [3.05, 3.63) is 0 Å². The van der Waals surface area contributed by atoms with Crippen LogP contribution >= 0.6 is 0 Å². The van der Waals surface area contributed by atoms with E-state index in [-0.39, 0.29) is 11.9 Å². The highest BCUT2D eigenvalue weighted by Gasteiger charge is 2.69. The lowest BCUT2D eigenvalue weighted by molar-refractivity contribution is -0.273. The molecule has 0 N–H and O–H groups in total. The van der Waals surface area contributed by atoms with E-state index in [1.165, 1.54) is 44.9 Å². The summed E-state index contributed by atoms with van der Waals surface area (Å²) >= 11 is 0. The maximum atomic E-state index is 11.9. The smallest absolute Gasteiger partial charge is 0.435 e. The molecular formula is C30H48O5. The molecule has 6 aliphatic rings. The number of fused-ring (bicyclic) bond motifs is 7. The molecule has 6 rings (SSSR count). The van der Waals surface area contributed by atoms with Crippen LogP contribution in [0, 0.1) is 52.3 Å². The van der Waals surface area contributed by atoms with Gasteiger partial charge in [-0.3, -0.25) is 0 Å². The van der Waals surface area contributed by atoms with E-state index >= 15 is 0 Å². The van der Waals surface area contributed by atoms with Crippen LogP contribution in [-0.4, -0.2) is 37.4 Å². The van der Waals surface area contributed by atoms with Gasteiger partial charge in [-0.1, -0.05) is 27.7 Å². The molecule has 5 heteroatoms. The SMILES string of the molecule is CCOC(=O)O[C@H]1CC[C@]2(C)C3CC[C@@]4(C)C(C[C@@H]5OC6(CCC(C)CO6)[C@@H](C)C54)C3CC[C@@H]2C1. The highest BCUT2D eigenvalue weighted by molar-refractivity contribution is 5.60. The van der Waals surface area contributed by atoms with Gasteiger partial charge in [0.2, 0.25) is 0 Å². The van der Waals surface area contributed by atoms with Crippen molar-refractivity contribution in [2.75, 3.05) is 13.2 Å². The predicted octanol–water partition coefficient (Wildman–Crippen LogP) is 6.97. The molecule has 0 amide bonds. The summed E-state index contributed by atoms with van der Waals surface area (Å²) in [6, 6.07) is 0. The van der Waals surface area contributed by atoms with E-state index in [1.807, 2.05) is 6.92 Å². The van der Waals surface area contributed by atoms with Crippen molar-refractivity contribution < 1.29 is 23.7 Å². The van der Waals surface area contributed by atoms with Crippen LogP contribution in [0.15, 0.2) is 0 Å². The monoisotopic (exact) mass is 488 g/mol. The minimum absolute atomic E-state index is 0.0343. The summed E-state index contributed by atoms with van der Waals surface area (Å²) in [6.45, 7) is 13.0. The summed E-state index contributed by atoms with van der Waals surface area (Å²) < 4.78 is 24.2. The Morgan fingerprint density at radius 3 is 2.49 bits per heavy atom. The first-order valence-electron chi connectivity index (χ1n) is 14.9. The maximum Gasteiger partial charge on any atom is 0.508 e. The van der Waals surface area contributed by atoms with Gasteiger partial charge < -0.3 is 18.9 Å². The van der Waals surface area contributed by atoms with Crippen molar-refractivity contribution in [1.29, 1.82) is 0 Å². The standard InChI is InChI=1S/C30H48O5/c1-6-32-27(31)34-21-10-12-28(4)20(15-21)7-8-22-23(28)11-13-29(5)24(22)16-25-26(29)19(3)30(35-25)14-9-18(2)17-33-30/h18-26H,6-17H2,1-5H3/t18?,19-,20+,21-,22?,23?,24?,25-,26?,28-,29-,30?/m0/s1. The Bertz CT molecular complexity index is 820. The molecule has 2 aliphatic heterocycles. The van der Waals surface area contributed by atoms with Crippen molar-refractivity contribution in [2.45, 2.75) is 117 Å². The average molecular weight is 489 g/mol. The second kappa shape index (κ2) is 8.61. The third kappa shape index (κ3) is 3.64. The molecule has 35 heavy (non-hydrogen) atoms. The quantitative estimate of drug-likeness (QED) is 0.393. The Labute approximate surface area is 212 Å². The van der Waals surface area contributed by atoms with E-state index in [2.05, 4.69) is 27.7 Å². The van der Waals surface area contributed by atoms with Crippen molar-refractivity contribution in [1.82, 2.24) is 0 Å². The lowest BCUT2D eigenvalue weighted by atomic mass is 9.44. The highest BCUT2D eigenvalue weighted by atomic mass is 16.7. The van der Waals surface area contributed by atoms with Gasteiger partial charge in [0.15, 0.2) is 5.79 Å². The largest absolute Gasteiger partial charge is 0.508 e. The first-order chi connectivity index (χ1) is 16.7. The molecule has 198 valence electrons. The van der Waals surface area contributed by atoms with Crippen LogP contribution in [-0.2, 0) is 18.9 Å². The zero-order chi connectivity index (χ0) is 24.6. The van der Waals surface area contributed by atoms with Gasteiger partial charge in [-0.25, -0.2) is 4.79 Å². The Morgan fingerprint density at radius 2 is 1.74 bits per heavy atom. The fourth-order valence-corrected chi connectivity index (χ4v) is 10.6. The summed E-state index contributed by atoms with van der Waals surface area (Å²) in [5.41, 5.74) is 0.765. The highest BCUT2D eigenvalue weighted by Crippen LogP contribution is 2.71. The van der Waals surface area contributed by atoms with Gasteiger partial charge in [-0.05, 0) is 111 Å². The lowest BCUT2D eigenvalue weighted by Crippen LogP contribution is -2.55. The fraction of sp³-hybridized carbons (Fsp3) is 0.967. The molecule has 0 bridgehead atoms. The number of ether oxygens (including phenoxy) is 4. The molecule has 0 aromatic carbocycles. The molecule has 1 spiro atoms. The minimum atomic E-state index is -0.482. The van der Waals surface area contributed by atoms with Crippen LogP contribution in [0.3, 0.4) is 0 Å². The Kier molecular flexibility index (Phi) is 6.03. The Morgan fingerprint density at radius 1 is 0.943 bits per heavy atom. The van der Waals surface area contributed by atoms with Gasteiger partial charge in [0, 0.05) is 12.3 Å². The number of hydrogen-bond donors (Lipinski definition) is 0. The van der Waals surface area contributed by atoms with Crippen molar-refractivity contribution in [3.8, 4) is 0 Å². The van der Waals surface area contributed by atoms with Crippen molar-refractivity contribution in [3.63, 3.8) is 0 Å². The van der Waals surface area contributed by atoms with Crippen LogP contribution in [0.2, 0.25) is 0 Å². The number of carbonyl (C=O) groups is 1. The molecule has 4 saturated carbocycles. The van der Waals surface area contributed by atoms with Gasteiger partial charge >= 0.3 is 6.16 Å². The zero-order valence-corrected chi connectivity index (χ0v) is 22.7. The number of rotatable bonds is 2. The lowest BCUT2D eigenvalue weighted by Gasteiger charge is -2.61. The van der Waals surface area contributed by atoms with Gasteiger partial charge in [0.25, 0.3) is 0 Å². The van der Waals surface area contributed by atoms with Crippen LogP contribution in [0.25, 0.3) is 0 Å². The second-order valence-corrected chi connectivity index (χ2v) is 13.9. The minimum Gasteiger partial charge on any atom is -0.435 e. The van der Waals surface area contributed by atoms with Gasteiger partial charge in [0.05, 0.1) is 19.3 Å². The molecule has 2 heterocycles. The van der Waals surface area contributed by atoms with Gasteiger partial charge in [0.1, 0.15) is 6.10 Å². The summed E-state index contributed by atoms with van der Waals surface area (Å²) in [4.78, 5) is 11.9. The van der Waals surface area contributed by atoms with E-state index in [0.29, 0.717) is 47.2 Å². The molecular weight excluding hydrogens is 440 g/mol. The van der Waals surface area contributed by atoms with Crippen LogP contribution in [0.5, 0.6) is 0 Å². The molecule has 0 radical (unpaired) electrons. The second-order valence-electron chi connectivity index (χ2n) is 13.9.